The second-order valence-electron chi connectivity index (χ2n) is 12.9. The van der Waals surface area contributed by atoms with Crippen LogP contribution >= 0.6 is 0 Å². The Morgan fingerprint density at radius 3 is 2.40 bits per heavy atom. The Hall–Kier alpha value is -3.79. The number of benzene rings is 2. The van der Waals surface area contributed by atoms with Crippen molar-refractivity contribution in [2.24, 2.45) is 17.3 Å². The maximum absolute atomic E-state index is 13.6. The highest BCUT2D eigenvalue weighted by molar-refractivity contribution is 5.99. The molecule has 2 aliphatic rings. The van der Waals surface area contributed by atoms with E-state index < -0.39 is 17.4 Å². The van der Waals surface area contributed by atoms with Gasteiger partial charge in [0.15, 0.2) is 0 Å². The van der Waals surface area contributed by atoms with Crippen molar-refractivity contribution >= 4 is 34.9 Å². The van der Waals surface area contributed by atoms with Crippen molar-refractivity contribution < 1.29 is 24.0 Å². The van der Waals surface area contributed by atoms with E-state index in [1.807, 2.05) is 39.0 Å². The molecule has 2 fully saturated rings. The summed E-state index contributed by atoms with van der Waals surface area (Å²) in [6.45, 7) is 5.51. The molecule has 0 radical (unpaired) electrons. The first kappa shape index (κ1) is 29.7. The molecule has 0 bridgehead atoms. The summed E-state index contributed by atoms with van der Waals surface area (Å²) < 4.78 is 15.7. The smallest absolute Gasteiger partial charge is 0.247 e. The van der Waals surface area contributed by atoms with Crippen molar-refractivity contribution in [1.29, 1.82) is 0 Å². The fourth-order valence-corrected chi connectivity index (χ4v) is 6.01. The molecule has 0 spiro atoms. The SMILES string of the molecule is CC(C)(C)[C@H](NC(=O)[C@H](CC1CCCC1)CN(O)C=O)C(=O)Nc1ccc2c(c1)nc(-c1ccc(F)cc1)n2C1CC1. The van der Waals surface area contributed by atoms with Crippen LogP contribution in [0, 0.1) is 23.1 Å². The Morgan fingerprint density at radius 1 is 1.10 bits per heavy atom. The quantitative estimate of drug-likeness (QED) is 0.154. The number of carbonyl (C=O) groups excluding carboxylic acids is 3. The van der Waals surface area contributed by atoms with Gasteiger partial charge in [-0.3, -0.25) is 19.6 Å². The molecule has 5 rings (SSSR count). The number of fused-ring (bicyclic) bond motifs is 1. The number of hydroxylamine groups is 2. The maximum Gasteiger partial charge on any atom is 0.247 e. The molecule has 3 N–H and O–H groups in total. The highest BCUT2D eigenvalue weighted by atomic mass is 19.1. The molecule has 3 aromatic rings. The van der Waals surface area contributed by atoms with Gasteiger partial charge in [-0.05, 0) is 73.1 Å². The number of amides is 3. The van der Waals surface area contributed by atoms with Gasteiger partial charge < -0.3 is 15.2 Å². The number of imidazole rings is 1. The molecule has 3 amide bonds. The van der Waals surface area contributed by atoms with Gasteiger partial charge in [0.25, 0.3) is 0 Å². The first-order valence-electron chi connectivity index (χ1n) is 14.8. The summed E-state index contributed by atoms with van der Waals surface area (Å²) in [4.78, 5) is 43.0. The number of hydrogen-bond acceptors (Lipinski definition) is 5. The highest BCUT2D eigenvalue weighted by Gasteiger charge is 2.36. The first-order valence-corrected chi connectivity index (χ1v) is 14.8. The van der Waals surface area contributed by atoms with Crippen LogP contribution in [0.15, 0.2) is 42.5 Å². The predicted octanol–water partition coefficient (Wildman–Crippen LogP) is 5.69. The monoisotopic (exact) mass is 577 g/mol. The Kier molecular flexibility index (Phi) is 8.63. The number of nitrogens with zero attached hydrogens (tertiary/aromatic N) is 3. The van der Waals surface area contributed by atoms with E-state index in [-0.39, 0.29) is 24.2 Å². The highest BCUT2D eigenvalue weighted by Crippen LogP contribution is 2.41. The van der Waals surface area contributed by atoms with E-state index in [4.69, 9.17) is 4.98 Å². The normalized spacial score (nSPS) is 17.2. The lowest BCUT2D eigenvalue weighted by Crippen LogP contribution is -2.54. The van der Waals surface area contributed by atoms with Crippen LogP contribution in [0.3, 0.4) is 0 Å². The van der Waals surface area contributed by atoms with Crippen LogP contribution < -0.4 is 10.6 Å². The predicted molar refractivity (Wildman–Crippen MR) is 158 cm³/mol. The van der Waals surface area contributed by atoms with Crippen molar-refractivity contribution in [1.82, 2.24) is 19.9 Å². The zero-order chi connectivity index (χ0) is 30.0. The Balaban J connectivity index is 1.36. The molecular formula is C32H40FN5O4. The molecule has 9 nitrogen and oxygen atoms in total. The van der Waals surface area contributed by atoms with Crippen LogP contribution in [-0.4, -0.2) is 50.6 Å². The summed E-state index contributed by atoms with van der Waals surface area (Å²) in [5, 5.41) is 16.3. The molecule has 0 unspecified atom stereocenters. The van der Waals surface area contributed by atoms with Crippen molar-refractivity contribution in [2.75, 3.05) is 11.9 Å². The summed E-state index contributed by atoms with van der Waals surface area (Å²) in [6, 6.07) is 11.3. The molecule has 42 heavy (non-hydrogen) atoms. The molecular weight excluding hydrogens is 537 g/mol. The number of halogens is 1. The largest absolute Gasteiger partial charge is 0.343 e. The summed E-state index contributed by atoms with van der Waals surface area (Å²) in [5.74, 6) is -0.553. The third kappa shape index (κ3) is 6.81. The average Bonchev–Trinajstić information content (AvgIpc) is 3.51. The molecule has 224 valence electrons. The minimum Gasteiger partial charge on any atom is -0.343 e. The summed E-state index contributed by atoms with van der Waals surface area (Å²) in [5.41, 5.74) is 2.41. The second-order valence-corrected chi connectivity index (χ2v) is 12.9. The van der Waals surface area contributed by atoms with Gasteiger partial charge in [0.05, 0.1) is 23.5 Å². The zero-order valence-electron chi connectivity index (χ0n) is 24.5. The molecule has 1 heterocycles. The molecule has 1 aromatic heterocycles. The standard InChI is InChI=1S/C32H40FN5O4/c1-32(2,3)28(36-30(40)22(18-37(42)19-39)16-20-6-4-5-7-20)31(41)34-24-12-15-27-26(17-24)35-29(38(27)25-13-14-25)21-8-10-23(33)11-9-21/h8-12,15,17,19-20,22,25,28,42H,4-7,13-14,16,18H2,1-3H3,(H,34,41)(H,36,40)/t22-,28-/m1/s1. The van der Waals surface area contributed by atoms with Crippen molar-refractivity contribution in [3.05, 3.63) is 48.3 Å². The van der Waals surface area contributed by atoms with Gasteiger partial charge in [0.1, 0.15) is 17.7 Å². The second kappa shape index (κ2) is 12.2. The summed E-state index contributed by atoms with van der Waals surface area (Å²) >= 11 is 0. The molecule has 2 aromatic carbocycles. The zero-order valence-corrected chi connectivity index (χ0v) is 24.5. The number of aromatic nitrogens is 2. The van der Waals surface area contributed by atoms with Gasteiger partial charge in [0, 0.05) is 17.3 Å². The molecule has 2 saturated carbocycles. The van der Waals surface area contributed by atoms with Gasteiger partial charge in [0.2, 0.25) is 18.2 Å². The van der Waals surface area contributed by atoms with E-state index in [2.05, 4.69) is 15.2 Å². The van der Waals surface area contributed by atoms with Crippen molar-refractivity contribution in [2.45, 2.75) is 77.8 Å². The lowest BCUT2D eigenvalue weighted by atomic mass is 9.85. The van der Waals surface area contributed by atoms with E-state index in [1.165, 1.54) is 12.1 Å². The van der Waals surface area contributed by atoms with Crippen LogP contribution in [-0.2, 0) is 14.4 Å². The van der Waals surface area contributed by atoms with Crippen LogP contribution in [0.25, 0.3) is 22.4 Å². The van der Waals surface area contributed by atoms with E-state index in [9.17, 15) is 24.0 Å². The number of nitrogens with one attached hydrogen (secondary N) is 2. The maximum atomic E-state index is 13.6. The molecule has 2 aliphatic carbocycles. The molecule has 2 atom stereocenters. The number of carbonyl (C=O) groups is 3. The number of hydrogen-bond donors (Lipinski definition) is 3. The Morgan fingerprint density at radius 2 is 1.79 bits per heavy atom. The number of anilines is 1. The minimum absolute atomic E-state index is 0.124. The fraction of sp³-hybridized carbons (Fsp3) is 0.500. The first-order chi connectivity index (χ1) is 20.0. The number of rotatable bonds is 11. The topological polar surface area (TPSA) is 117 Å². The molecule has 0 aliphatic heterocycles. The van der Waals surface area contributed by atoms with Gasteiger partial charge >= 0.3 is 0 Å². The third-order valence-corrected chi connectivity index (χ3v) is 8.38. The van der Waals surface area contributed by atoms with Crippen LogP contribution in [0.5, 0.6) is 0 Å². The van der Waals surface area contributed by atoms with E-state index in [0.717, 1.165) is 55.4 Å². The lowest BCUT2D eigenvalue weighted by molar-refractivity contribution is -0.155. The molecule has 0 saturated heterocycles. The Bertz CT molecular complexity index is 1440. The van der Waals surface area contributed by atoms with Crippen molar-refractivity contribution in [3.8, 4) is 11.4 Å². The van der Waals surface area contributed by atoms with Gasteiger partial charge in [-0.2, -0.15) is 0 Å². The van der Waals surface area contributed by atoms with E-state index >= 15 is 0 Å². The third-order valence-electron chi connectivity index (χ3n) is 8.38. The van der Waals surface area contributed by atoms with Gasteiger partial charge in [-0.1, -0.05) is 46.5 Å². The summed E-state index contributed by atoms with van der Waals surface area (Å²) in [6.07, 6.45) is 7.19. The fourth-order valence-electron chi connectivity index (χ4n) is 6.01. The summed E-state index contributed by atoms with van der Waals surface area (Å²) in [7, 11) is 0. The molecule has 10 heteroatoms. The van der Waals surface area contributed by atoms with E-state index in [1.54, 1.807) is 12.1 Å². The average molecular weight is 578 g/mol. The minimum atomic E-state index is -0.867. The van der Waals surface area contributed by atoms with Crippen LogP contribution in [0.2, 0.25) is 0 Å². The van der Waals surface area contributed by atoms with Crippen LogP contribution in [0.1, 0.15) is 71.8 Å². The van der Waals surface area contributed by atoms with E-state index in [0.29, 0.717) is 41.1 Å². The van der Waals surface area contributed by atoms with Gasteiger partial charge in [-0.15, -0.1) is 0 Å². The van der Waals surface area contributed by atoms with Gasteiger partial charge in [-0.25, -0.2) is 14.4 Å². The van der Waals surface area contributed by atoms with Crippen LogP contribution in [0.4, 0.5) is 10.1 Å². The Labute approximate surface area is 245 Å². The lowest BCUT2D eigenvalue weighted by Gasteiger charge is -2.32. The van der Waals surface area contributed by atoms with Crippen molar-refractivity contribution in [3.63, 3.8) is 0 Å².